The minimum atomic E-state index is -1.20. The number of esters is 1. The van der Waals surface area contributed by atoms with Crippen molar-refractivity contribution >= 4 is 11.8 Å². The monoisotopic (exact) mass is 472 g/mol. The van der Waals surface area contributed by atoms with Crippen molar-refractivity contribution < 1.29 is 29.6 Å². The molecule has 34 heavy (non-hydrogen) atoms. The third kappa shape index (κ3) is 2.85. The third-order valence-corrected chi connectivity index (χ3v) is 11.3. The van der Waals surface area contributed by atoms with Crippen LogP contribution in [0.2, 0.25) is 0 Å². The van der Waals surface area contributed by atoms with Gasteiger partial charge in [-0.2, -0.15) is 0 Å². The topological polar surface area (TPSA) is 104 Å². The smallest absolute Gasteiger partial charge is 0.336 e. The molecule has 4 aliphatic carbocycles. The average Bonchev–Trinajstić information content (AvgIpc) is 3.01. The lowest BCUT2D eigenvalue weighted by Crippen LogP contribution is -2.66. The van der Waals surface area contributed by atoms with E-state index in [4.69, 9.17) is 4.74 Å². The minimum Gasteiger partial charge on any atom is -0.458 e. The number of carbonyl (C=O) groups excluding carboxylic acids is 2. The SMILES string of the molecule is CC1=C(CO)C(=O)OC(C(C)C2(O)CCC3(O)C4CC=C5CCCC(=O)C5(C)C4CCC23C)C1. The highest BCUT2D eigenvalue weighted by molar-refractivity contribution is 5.90. The van der Waals surface area contributed by atoms with Crippen molar-refractivity contribution in [3.63, 3.8) is 0 Å². The normalized spacial score (nSPS) is 47.4. The van der Waals surface area contributed by atoms with Crippen LogP contribution >= 0.6 is 0 Å². The van der Waals surface area contributed by atoms with Crippen molar-refractivity contribution in [1.82, 2.24) is 0 Å². The Morgan fingerprint density at radius 3 is 2.53 bits per heavy atom. The van der Waals surface area contributed by atoms with Crippen LogP contribution < -0.4 is 0 Å². The summed E-state index contributed by atoms with van der Waals surface area (Å²) in [5, 5.41) is 34.2. The maximum absolute atomic E-state index is 13.2. The van der Waals surface area contributed by atoms with Crippen molar-refractivity contribution in [3.05, 3.63) is 22.8 Å². The number of hydrogen-bond acceptors (Lipinski definition) is 6. The highest BCUT2D eigenvalue weighted by atomic mass is 16.5. The number of allylic oxidation sites excluding steroid dienone is 2. The van der Waals surface area contributed by atoms with Crippen LogP contribution in [0.5, 0.6) is 0 Å². The second-order valence-electron chi connectivity index (χ2n) is 12.2. The molecule has 1 heterocycles. The molecule has 6 nitrogen and oxygen atoms in total. The first-order valence-corrected chi connectivity index (χ1v) is 13.1. The number of ketones is 1. The fourth-order valence-electron chi connectivity index (χ4n) is 8.90. The van der Waals surface area contributed by atoms with Gasteiger partial charge in [0.25, 0.3) is 0 Å². The number of fused-ring (bicyclic) bond motifs is 5. The van der Waals surface area contributed by atoms with Gasteiger partial charge >= 0.3 is 5.97 Å². The van der Waals surface area contributed by atoms with E-state index >= 15 is 0 Å². The molecule has 0 aromatic rings. The van der Waals surface area contributed by atoms with Gasteiger partial charge in [-0.05, 0) is 70.6 Å². The maximum Gasteiger partial charge on any atom is 0.336 e. The van der Waals surface area contributed by atoms with Crippen LogP contribution in [0.15, 0.2) is 22.8 Å². The van der Waals surface area contributed by atoms with Gasteiger partial charge in [-0.25, -0.2) is 4.79 Å². The zero-order valence-electron chi connectivity index (χ0n) is 21.0. The van der Waals surface area contributed by atoms with E-state index in [0.29, 0.717) is 43.5 Å². The third-order valence-electron chi connectivity index (χ3n) is 11.3. The van der Waals surface area contributed by atoms with E-state index in [2.05, 4.69) is 13.0 Å². The van der Waals surface area contributed by atoms with Crippen LogP contribution in [-0.4, -0.2) is 51.0 Å². The average molecular weight is 473 g/mol. The van der Waals surface area contributed by atoms with E-state index < -0.39 is 34.1 Å². The second kappa shape index (κ2) is 7.75. The summed E-state index contributed by atoms with van der Waals surface area (Å²) in [6.45, 7) is 7.54. The number of rotatable bonds is 3. The van der Waals surface area contributed by atoms with Crippen molar-refractivity contribution in [1.29, 1.82) is 0 Å². The Morgan fingerprint density at radius 2 is 1.85 bits per heavy atom. The van der Waals surface area contributed by atoms with Crippen LogP contribution in [0.4, 0.5) is 0 Å². The quantitative estimate of drug-likeness (QED) is 0.428. The molecule has 3 N–H and O–H groups in total. The number of aliphatic hydroxyl groups excluding tert-OH is 1. The molecular formula is C28H40O6. The predicted octanol–water partition coefficient (Wildman–Crippen LogP) is 3.62. The Balaban J connectivity index is 1.48. The van der Waals surface area contributed by atoms with Gasteiger partial charge in [0, 0.05) is 24.2 Å². The van der Waals surface area contributed by atoms with E-state index in [1.165, 1.54) is 5.57 Å². The number of ether oxygens (including phenoxy) is 1. The first-order valence-electron chi connectivity index (χ1n) is 13.1. The molecule has 8 unspecified atom stereocenters. The van der Waals surface area contributed by atoms with Crippen molar-refractivity contribution in [3.8, 4) is 0 Å². The Labute approximate surface area is 202 Å². The molecule has 3 saturated carbocycles. The Morgan fingerprint density at radius 1 is 1.12 bits per heavy atom. The molecule has 8 atom stereocenters. The Kier molecular flexibility index (Phi) is 5.52. The van der Waals surface area contributed by atoms with E-state index in [-0.39, 0.29) is 24.4 Å². The van der Waals surface area contributed by atoms with Crippen LogP contribution in [0.25, 0.3) is 0 Å². The highest BCUT2D eigenvalue weighted by Gasteiger charge is 2.73. The number of hydrogen-bond donors (Lipinski definition) is 3. The van der Waals surface area contributed by atoms with Gasteiger partial charge in [0.2, 0.25) is 0 Å². The number of Topliss-reactive ketones (excluding diaryl/α,β-unsaturated/α-hetero) is 1. The van der Waals surface area contributed by atoms with Gasteiger partial charge in [-0.1, -0.05) is 31.1 Å². The summed E-state index contributed by atoms with van der Waals surface area (Å²) < 4.78 is 5.71. The van der Waals surface area contributed by atoms with Gasteiger partial charge in [-0.15, -0.1) is 0 Å². The zero-order valence-corrected chi connectivity index (χ0v) is 21.0. The lowest BCUT2D eigenvalue weighted by atomic mass is 9.44. The molecule has 5 aliphatic rings. The van der Waals surface area contributed by atoms with E-state index in [0.717, 1.165) is 31.3 Å². The molecule has 0 aromatic carbocycles. The number of carbonyl (C=O) groups is 2. The summed E-state index contributed by atoms with van der Waals surface area (Å²) in [5.41, 5.74) is -1.17. The number of aliphatic hydroxyl groups is 3. The van der Waals surface area contributed by atoms with E-state index in [9.17, 15) is 24.9 Å². The Hall–Kier alpha value is -1.50. The van der Waals surface area contributed by atoms with Crippen LogP contribution in [0.3, 0.4) is 0 Å². The summed E-state index contributed by atoms with van der Waals surface area (Å²) in [6, 6.07) is 0. The molecule has 1 aliphatic heterocycles. The number of cyclic esters (lactones) is 1. The summed E-state index contributed by atoms with van der Waals surface area (Å²) in [7, 11) is 0. The predicted molar refractivity (Wildman–Crippen MR) is 127 cm³/mol. The molecule has 0 aromatic heterocycles. The molecule has 0 spiro atoms. The van der Waals surface area contributed by atoms with Gasteiger partial charge in [0.05, 0.1) is 28.8 Å². The van der Waals surface area contributed by atoms with Crippen LogP contribution in [0.1, 0.15) is 85.5 Å². The fourth-order valence-corrected chi connectivity index (χ4v) is 8.90. The lowest BCUT2D eigenvalue weighted by molar-refractivity contribution is -0.233. The van der Waals surface area contributed by atoms with Crippen molar-refractivity contribution in [2.45, 2.75) is 103 Å². The fraction of sp³-hybridized carbons (Fsp3) is 0.786. The lowest BCUT2D eigenvalue weighted by Gasteiger charge is -2.62. The molecule has 0 bridgehead atoms. The molecule has 0 amide bonds. The maximum atomic E-state index is 13.2. The summed E-state index contributed by atoms with van der Waals surface area (Å²) in [5.74, 6) is -0.545. The van der Waals surface area contributed by atoms with Crippen LogP contribution in [0, 0.1) is 28.6 Å². The second-order valence-corrected chi connectivity index (χ2v) is 12.2. The van der Waals surface area contributed by atoms with Crippen LogP contribution in [-0.2, 0) is 14.3 Å². The summed E-state index contributed by atoms with van der Waals surface area (Å²) in [6.07, 6.45) is 7.81. The summed E-state index contributed by atoms with van der Waals surface area (Å²) in [4.78, 5) is 25.7. The van der Waals surface area contributed by atoms with Crippen molar-refractivity contribution in [2.24, 2.45) is 28.6 Å². The minimum absolute atomic E-state index is 0.0696. The molecule has 6 heteroatoms. The van der Waals surface area contributed by atoms with E-state index in [1.807, 2.05) is 20.8 Å². The molecule has 0 saturated heterocycles. The molecule has 3 fully saturated rings. The molecular weight excluding hydrogens is 432 g/mol. The standard InChI is InChI=1S/C28H40O6/c1-16-14-22(34-24(31)19(16)15-29)17(2)27(32)12-13-28(33)21-9-8-18-6-5-7-23(30)26(18,4)20(21)10-11-25(27,28)3/h8,17,20-22,29,32-33H,5-7,9-15H2,1-4H3. The van der Waals surface area contributed by atoms with Gasteiger partial charge in [-0.3, -0.25) is 4.79 Å². The first-order chi connectivity index (χ1) is 15.9. The van der Waals surface area contributed by atoms with Gasteiger partial charge in [0.1, 0.15) is 11.9 Å². The zero-order chi connectivity index (χ0) is 24.7. The molecule has 0 radical (unpaired) electrons. The highest BCUT2D eigenvalue weighted by Crippen LogP contribution is 2.69. The van der Waals surface area contributed by atoms with Gasteiger partial charge in [0.15, 0.2) is 0 Å². The van der Waals surface area contributed by atoms with E-state index in [1.54, 1.807) is 0 Å². The largest absolute Gasteiger partial charge is 0.458 e. The summed E-state index contributed by atoms with van der Waals surface area (Å²) >= 11 is 0. The molecule has 5 rings (SSSR count). The van der Waals surface area contributed by atoms with Crippen molar-refractivity contribution in [2.75, 3.05) is 6.61 Å². The molecule has 188 valence electrons. The van der Waals surface area contributed by atoms with Gasteiger partial charge < -0.3 is 20.1 Å². The first kappa shape index (κ1) is 24.2. The Bertz CT molecular complexity index is 981.